The molecule has 0 aliphatic rings. The molecular formula is C16H21N7. The fraction of sp³-hybridized carbons (Fsp3) is 0.375. The zero-order valence-corrected chi connectivity index (χ0v) is 13.6. The van der Waals surface area contributed by atoms with Crippen molar-refractivity contribution in [3.63, 3.8) is 0 Å². The molecule has 0 aliphatic carbocycles. The summed E-state index contributed by atoms with van der Waals surface area (Å²) in [7, 11) is 0. The zero-order valence-electron chi connectivity index (χ0n) is 13.6. The molecule has 0 fully saturated rings. The van der Waals surface area contributed by atoms with Crippen molar-refractivity contribution < 1.29 is 0 Å². The standard InChI is InChI=1S/C16H21N7/c1-4-11(13-9-23-7-5-6-18-16(23)21-13)19-14-8-12(10(2)3)20-15(17)22-14/h5-11H,4H2,1-3H3,(H3,17,19,20,22)/t11-/m0/s1. The molecule has 120 valence electrons. The normalized spacial score (nSPS) is 12.7. The van der Waals surface area contributed by atoms with Gasteiger partial charge in [-0.2, -0.15) is 4.98 Å². The quantitative estimate of drug-likeness (QED) is 0.752. The Morgan fingerprint density at radius 2 is 2.04 bits per heavy atom. The van der Waals surface area contributed by atoms with Crippen molar-refractivity contribution in [2.75, 3.05) is 11.1 Å². The highest BCUT2D eigenvalue weighted by Gasteiger charge is 2.15. The van der Waals surface area contributed by atoms with E-state index in [1.807, 2.05) is 28.9 Å². The van der Waals surface area contributed by atoms with Crippen molar-refractivity contribution in [1.29, 1.82) is 0 Å². The first kappa shape index (κ1) is 15.2. The first-order valence-corrected chi connectivity index (χ1v) is 7.77. The SMILES string of the molecule is CC[C@H](Nc1cc(C(C)C)nc(N)n1)c1cn2cccnc2n1. The van der Waals surface area contributed by atoms with Gasteiger partial charge in [0, 0.05) is 24.7 Å². The van der Waals surface area contributed by atoms with Crippen molar-refractivity contribution in [3.8, 4) is 0 Å². The summed E-state index contributed by atoms with van der Waals surface area (Å²) < 4.78 is 1.91. The average Bonchev–Trinajstić information content (AvgIpc) is 2.95. The Morgan fingerprint density at radius 3 is 2.74 bits per heavy atom. The third-order valence-electron chi connectivity index (χ3n) is 3.70. The van der Waals surface area contributed by atoms with Crippen LogP contribution < -0.4 is 11.1 Å². The molecule has 0 aromatic carbocycles. The maximum absolute atomic E-state index is 5.82. The van der Waals surface area contributed by atoms with Crippen LogP contribution in [0, 0.1) is 0 Å². The van der Waals surface area contributed by atoms with Gasteiger partial charge in [0.15, 0.2) is 0 Å². The minimum Gasteiger partial charge on any atom is -0.368 e. The summed E-state index contributed by atoms with van der Waals surface area (Å²) in [6.07, 6.45) is 6.52. The van der Waals surface area contributed by atoms with Gasteiger partial charge in [-0.15, -0.1) is 0 Å². The maximum atomic E-state index is 5.82. The maximum Gasteiger partial charge on any atom is 0.233 e. The van der Waals surface area contributed by atoms with Crippen molar-refractivity contribution in [3.05, 3.63) is 42.1 Å². The Balaban J connectivity index is 1.90. The molecule has 3 aromatic rings. The molecule has 0 saturated heterocycles. The molecule has 23 heavy (non-hydrogen) atoms. The van der Waals surface area contributed by atoms with Crippen LogP contribution in [-0.2, 0) is 0 Å². The number of nitrogens with two attached hydrogens (primary N) is 1. The highest BCUT2D eigenvalue weighted by molar-refractivity contribution is 5.44. The van der Waals surface area contributed by atoms with Crippen molar-refractivity contribution >= 4 is 17.5 Å². The lowest BCUT2D eigenvalue weighted by atomic mass is 10.1. The second-order valence-electron chi connectivity index (χ2n) is 5.79. The third kappa shape index (κ3) is 3.23. The van der Waals surface area contributed by atoms with E-state index in [0.717, 1.165) is 23.6 Å². The Hall–Kier alpha value is -2.70. The van der Waals surface area contributed by atoms with Gasteiger partial charge in [0.1, 0.15) is 5.82 Å². The summed E-state index contributed by atoms with van der Waals surface area (Å²) in [5, 5.41) is 3.41. The molecule has 3 heterocycles. The fourth-order valence-corrected chi connectivity index (χ4v) is 2.44. The molecule has 0 saturated carbocycles. The number of hydrogen-bond acceptors (Lipinski definition) is 6. The molecule has 0 radical (unpaired) electrons. The molecule has 7 heteroatoms. The number of nitrogens with one attached hydrogen (secondary N) is 1. The molecule has 1 atom stereocenters. The van der Waals surface area contributed by atoms with E-state index in [0.29, 0.717) is 11.7 Å². The Kier molecular flexibility index (Phi) is 4.10. The van der Waals surface area contributed by atoms with Crippen LogP contribution in [0.2, 0.25) is 0 Å². The predicted molar refractivity (Wildman–Crippen MR) is 90.2 cm³/mol. The summed E-state index contributed by atoms with van der Waals surface area (Å²) in [5.41, 5.74) is 7.67. The molecule has 0 spiro atoms. The smallest absolute Gasteiger partial charge is 0.233 e. The summed E-state index contributed by atoms with van der Waals surface area (Å²) in [6.45, 7) is 6.26. The summed E-state index contributed by atoms with van der Waals surface area (Å²) in [5.74, 6) is 1.98. The molecule has 0 amide bonds. The Bertz CT molecular complexity index is 776. The monoisotopic (exact) mass is 311 g/mol. The van der Waals surface area contributed by atoms with Crippen LogP contribution in [0.1, 0.15) is 50.5 Å². The second kappa shape index (κ2) is 6.20. The van der Waals surface area contributed by atoms with E-state index in [1.165, 1.54) is 0 Å². The van der Waals surface area contributed by atoms with E-state index >= 15 is 0 Å². The molecule has 0 unspecified atom stereocenters. The van der Waals surface area contributed by atoms with Crippen molar-refractivity contribution in [2.24, 2.45) is 0 Å². The van der Waals surface area contributed by atoms with E-state index in [1.54, 1.807) is 6.20 Å². The van der Waals surface area contributed by atoms with Crippen LogP contribution in [0.3, 0.4) is 0 Å². The van der Waals surface area contributed by atoms with Gasteiger partial charge in [0.2, 0.25) is 11.7 Å². The number of aromatic nitrogens is 5. The van der Waals surface area contributed by atoms with Crippen LogP contribution in [0.25, 0.3) is 5.78 Å². The number of fused-ring (bicyclic) bond motifs is 1. The van der Waals surface area contributed by atoms with Gasteiger partial charge in [0.25, 0.3) is 0 Å². The van der Waals surface area contributed by atoms with E-state index < -0.39 is 0 Å². The van der Waals surface area contributed by atoms with Crippen LogP contribution >= 0.6 is 0 Å². The van der Waals surface area contributed by atoms with Gasteiger partial charge < -0.3 is 11.1 Å². The number of hydrogen-bond donors (Lipinski definition) is 2. The van der Waals surface area contributed by atoms with Gasteiger partial charge in [0.05, 0.1) is 17.4 Å². The molecule has 7 nitrogen and oxygen atoms in total. The van der Waals surface area contributed by atoms with Crippen LogP contribution in [0.15, 0.2) is 30.7 Å². The molecule has 3 N–H and O–H groups in total. The number of nitrogens with zero attached hydrogens (tertiary/aromatic N) is 5. The Labute approximate surface area is 135 Å². The van der Waals surface area contributed by atoms with Gasteiger partial charge in [-0.25, -0.2) is 15.0 Å². The largest absolute Gasteiger partial charge is 0.368 e. The van der Waals surface area contributed by atoms with Crippen LogP contribution in [-0.4, -0.2) is 24.3 Å². The van der Waals surface area contributed by atoms with Crippen LogP contribution in [0.4, 0.5) is 11.8 Å². The number of anilines is 2. The second-order valence-corrected chi connectivity index (χ2v) is 5.79. The van der Waals surface area contributed by atoms with E-state index in [4.69, 9.17) is 5.73 Å². The predicted octanol–water partition coefficient (Wildman–Crippen LogP) is 2.79. The lowest BCUT2D eigenvalue weighted by Crippen LogP contribution is -2.13. The van der Waals surface area contributed by atoms with Gasteiger partial charge in [-0.1, -0.05) is 20.8 Å². The summed E-state index contributed by atoms with van der Waals surface area (Å²) in [4.78, 5) is 17.4. The lowest BCUT2D eigenvalue weighted by Gasteiger charge is -2.16. The van der Waals surface area contributed by atoms with E-state index in [2.05, 4.69) is 46.0 Å². The lowest BCUT2D eigenvalue weighted by molar-refractivity contribution is 0.722. The number of imidazole rings is 1. The van der Waals surface area contributed by atoms with E-state index in [-0.39, 0.29) is 12.0 Å². The highest BCUT2D eigenvalue weighted by Crippen LogP contribution is 2.23. The molecule has 3 aromatic heterocycles. The van der Waals surface area contributed by atoms with Gasteiger partial charge >= 0.3 is 0 Å². The van der Waals surface area contributed by atoms with Gasteiger partial charge in [-0.3, -0.25) is 4.40 Å². The molecule has 0 aliphatic heterocycles. The Morgan fingerprint density at radius 1 is 1.22 bits per heavy atom. The molecule has 3 rings (SSSR count). The van der Waals surface area contributed by atoms with Crippen molar-refractivity contribution in [1.82, 2.24) is 24.3 Å². The number of nitrogen functional groups attached to an aromatic ring is 1. The first-order valence-electron chi connectivity index (χ1n) is 7.77. The number of rotatable bonds is 5. The van der Waals surface area contributed by atoms with Crippen molar-refractivity contribution in [2.45, 2.75) is 39.2 Å². The molecule has 0 bridgehead atoms. The third-order valence-corrected chi connectivity index (χ3v) is 3.70. The first-order chi connectivity index (χ1) is 11.1. The fourth-order valence-electron chi connectivity index (χ4n) is 2.44. The summed E-state index contributed by atoms with van der Waals surface area (Å²) >= 11 is 0. The van der Waals surface area contributed by atoms with Gasteiger partial charge in [-0.05, 0) is 18.4 Å². The average molecular weight is 311 g/mol. The summed E-state index contributed by atoms with van der Waals surface area (Å²) in [6, 6.07) is 3.86. The van der Waals surface area contributed by atoms with Crippen LogP contribution in [0.5, 0.6) is 0 Å². The molecular weight excluding hydrogens is 290 g/mol. The minimum atomic E-state index is 0.0333. The topological polar surface area (TPSA) is 94.0 Å². The van der Waals surface area contributed by atoms with E-state index in [9.17, 15) is 0 Å². The highest BCUT2D eigenvalue weighted by atomic mass is 15.1. The minimum absolute atomic E-state index is 0.0333. The zero-order chi connectivity index (χ0) is 16.4.